The van der Waals surface area contributed by atoms with Crippen LogP contribution >= 0.6 is 0 Å². The maximum absolute atomic E-state index is 8.36. The summed E-state index contributed by atoms with van der Waals surface area (Å²) in [4.78, 5) is 12.5. The van der Waals surface area contributed by atoms with E-state index in [2.05, 4.69) is 26.4 Å². The highest BCUT2D eigenvalue weighted by molar-refractivity contribution is 5.81. The Balaban J connectivity index is 0.000000257. The molecule has 0 radical (unpaired) electrons. The number of hydrogen-bond donors (Lipinski definition) is 2. The third kappa shape index (κ3) is 2.90. The van der Waals surface area contributed by atoms with Crippen molar-refractivity contribution in [2.45, 2.75) is 52.2 Å². The van der Waals surface area contributed by atoms with Crippen molar-refractivity contribution >= 4 is 17.0 Å². The Bertz CT molecular complexity index is 566. The lowest BCUT2D eigenvalue weighted by molar-refractivity contribution is 0.191. The van der Waals surface area contributed by atoms with Crippen LogP contribution in [-0.4, -0.2) is 30.7 Å². The van der Waals surface area contributed by atoms with Crippen molar-refractivity contribution in [3.05, 3.63) is 12.7 Å². The normalized spacial score (nSPS) is 22.8. The van der Waals surface area contributed by atoms with Crippen molar-refractivity contribution < 1.29 is 5.11 Å². The number of aliphatic hydroxyl groups is 1. The molecule has 0 aliphatic heterocycles. The summed E-state index contributed by atoms with van der Waals surface area (Å²) in [6.07, 6.45) is 6.56. The molecule has 6 heteroatoms. The molecule has 0 spiro atoms. The summed E-state index contributed by atoms with van der Waals surface area (Å²) in [5.41, 5.74) is 7.32. The van der Waals surface area contributed by atoms with Gasteiger partial charge in [-0.2, -0.15) is 0 Å². The fraction of sp³-hybridized carbons (Fsp3) is 0.643. The largest absolute Gasteiger partial charge is 0.393 e. The summed E-state index contributed by atoms with van der Waals surface area (Å²) in [7, 11) is 0. The average molecular weight is 277 g/mol. The Hall–Kier alpha value is -1.69. The van der Waals surface area contributed by atoms with Gasteiger partial charge in [-0.1, -0.05) is 13.8 Å². The van der Waals surface area contributed by atoms with Gasteiger partial charge in [-0.3, -0.25) is 0 Å². The van der Waals surface area contributed by atoms with Crippen molar-refractivity contribution in [2.24, 2.45) is 5.92 Å². The van der Waals surface area contributed by atoms with Crippen LogP contribution in [0.15, 0.2) is 12.7 Å². The summed E-state index contributed by atoms with van der Waals surface area (Å²) in [6, 6.07) is 0.532. The smallest absolute Gasteiger partial charge is 0.165 e. The molecule has 0 bridgehead atoms. The predicted molar refractivity (Wildman–Crippen MR) is 79.1 cm³/mol. The van der Waals surface area contributed by atoms with Gasteiger partial charge in [0.25, 0.3) is 0 Å². The zero-order valence-electron chi connectivity index (χ0n) is 12.3. The SMILES string of the molecule is CC1CCC1n1cnc2c(N)ncnc21.CCC(C)O. The summed E-state index contributed by atoms with van der Waals surface area (Å²) in [5.74, 6) is 1.17. The molecule has 1 fully saturated rings. The Morgan fingerprint density at radius 3 is 2.60 bits per heavy atom. The molecule has 2 heterocycles. The number of aliphatic hydroxyl groups excluding tert-OH is 1. The Morgan fingerprint density at radius 1 is 1.40 bits per heavy atom. The van der Waals surface area contributed by atoms with E-state index in [0.717, 1.165) is 17.6 Å². The van der Waals surface area contributed by atoms with Gasteiger partial charge in [-0.25, -0.2) is 15.0 Å². The number of fused-ring (bicyclic) bond motifs is 1. The number of nitrogens with zero attached hydrogens (tertiary/aromatic N) is 4. The van der Waals surface area contributed by atoms with Crippen LogP contribution in [0, 0.1) is 5.92 Å². The Kier molecular flexibility index (Phi) is 4.54. The van der Waals surface area contributed by atoms with Crippen molar-refractivity contribution in [1.29, 1.82) is 0 Å². The first-order valence-electron chi connectivity index (χ1n) is 7.15. The summed E-state index contributed by atoms with van der Waals surface area (Å²) < 4.78 is 2.13. The lowest BCUT2D eigenvalue weighted by Gasteiger charge is -2.34. The molecule has 3 atom stereocenters. The van der Waals surface area contributed by atoms with Gasteiger partial charge in [-0.15, -0.1) is 0 Å². The lowest BCUT2D eigenvalue weighted by atomic mass is 9.81. The van der Waals surface area contributed by atoms with Gasteiger partial charge < -0.3 is 15.4 Å². The van der Waals surface area contributed by atoms with Gasteiger partial charge >= 0.3 is 0 Å². The first kappa shape index (κ1) is 14.7. The number of hydrogen-bond acceptors (Lipinski definition) is 5. The maximum atomic E-state index is 8.36. The van der Waals surface area contributed by atoms with Gasteiger partial charge in [0, 0.05) is 6.04 Å². The zero-order chi connectivity index (χ0) is 14.7. The second kappa shape index (κ2) is 6.17. The minimum atomic E-state index is -0.116. The molecule has 0 saturated heterocycles. The molecule has 1 aliphatic rings. The first-order chi connectivity index (χ1) is 9.54. The van der Waals surface area contributed by atoms with E-state index in [1.807, 2.05) is 13.3 Å². The molecule has 1 saturated carbocycles. The summed E-state index contributed by atoms with van der Waals surface area (Å²) in [5, 5.41) is 8.36. The van der Waals surface area contributed by atoms with Crippen molar-refractivity contribution in [1.82, 2.24) is 19.5 Å². The molecule has 0 amide bonds. The maximum Gasteiger partial charge on any atom is 0.165 e. The van der Waals surface area contributed by atoms with E-state index in [9.17, 15) is 0 Å². The molecule has 6 nitrogen and oxygen atoms in total. The van der Waals surface area contributed by atoms with Crippen molar-refractivity contribution in [2.75, 3.05) is 5.73 Å². The van der Waals surface area contributed by atoms with E-state index in [1.165, 1.54) is 19.2 Å². The summed E-state index contributed by atoms with van der Waals surface area (Å²) in [6.45, 7) is 5.98. The third-order valence-corrected chi connectivity index (χ3v) is 3.91. The molecule has 3 N–H and O–H groups in total. The third-order valence-electron chi connectivity index (χ3n) is 3.91. The molecule has 1 aliphatic carbocycles. The molecule has 3 rings (SSSR count). The van der Waals surface area contributed by atoms with E-state index in [0.29, 0.717) is 17.8 Å². The standard InChI is InChI=1S/C10H13N5.C4H10O/c1-6-2-3-7(6)15-5-14-8-9(11)12-4-13-10(8)15;1-3-4(2)5/h4-7H,2-3H2,1H3,(H2,11,12,13);4-5H,3H2,1-2H3. The minimum absolute atomic E-state index is 0.116. The van der Waals surface area contributed by atoms with Crippen LogP contribution < -0.4 is 5.73 Å². The zero-order valence-corrected chi connectivity index (χ0v) is 12.3. The van der Waals surface area contributed by atoms with E-state index < -0.39 is 0 Å². The quantitative estimate of drug-likeness (QED) is 0.878. The number of rotatable bonds is 2. The molecule has 0 aromatic carbocycles. The Morgan fingerprint density at radius 2 is 2.10 bits per heavy atom. The fourth-order valence-corrected chi connectivity index (χ4v) is 2.18. The highest BCUT2D eigenvalue weighted by atomic mass is 16.3. The number of imidazole rings is 1. The van der Waals surface area contributed by atoms with Gasteiger partial charge in [0.05, 0.1) is 12.4 Å². The first-order valence-corrected chi connectivity index (χ1v) is 7.15. The van der Waals surface area contributed by atoms with Gasteiger partial charge in [0.2, 0.25) is 0 Å². The molecular formula is C14H23N5O. The second-order valence-corrected chi connectivity index (χ2v) is 5.46. The number of aromatic nitrogens is 4. The summed E-state index contributed by atoms with van der Waals surface area (Å²) >= 11 is 0. The fourth-order valence-electron chi connectivity index (χ4n) is 2.18. The van der Waals surface area contributed by atoms with E-state index in [1.54, 1.807) is 6.92 Å². The molecule has 2 aromatic heterocycles. The number of nitrogen functional groups attached to an aromatic ring is 1. The predicted octanol–water partition coefficient (Wildman–Crippen LogP) is 2.16. The van der Waals surface area contributed by atoms with E-state index in [-0.39, 0.29) is 6.10 Å². The van der Waals surface area contributed by atoms with Crippen molar-refractivity contribution in [3.8, 4) is 0 Å². The van der Waals surface area contributed by atoms with E-state index in [4.69, 9.17) is 10.8 Å². The highest BCUT2D eigenvalue weighted by Crippen LogP contribution is 2.39. The monoisotopic (exact) mass is 277 g/mol. The lowest BCUT2D eigenvalue weighted by Crippen LogP contribution is -2.26. The van der Waals surface area contributed by atoms with Crippen LogP contribution in [-0.2, 0) is 0 Å². The van der Waals surface area contributed by atoms with Crippen molar-refractivity contribution in [3.63, 3.8) is 0 Å². The molecule has 20 heavy (non-hydrogen) atoms. The van der Waals surface area contributed by atoms with Gasteiger partial charge in [0.1, 0.15) is 11.8 Å². The highest BCUT2D eigenvalue weighted by Gasteiger charge is 2.29. The van der Waals surface area contributed by atoms with Crippen LogP contribution in [0.3, 0.4) is 0 Å². The minimum Gasteiger partial charge on any atom is -0.393 e. The van der Waals surface area contributed by atoms with Gasteiger partial charge in [0.15, 0.2) is 11.5 Å². The van der Waals surface area contributed by atoms with Crippen LogP contribution in [0.4, 0.5) is 5.82 Å². The number of anilines is 1. The number of nitrogens with two attached hydrogens (primary N) is 1. The second-order valence-electron chi connectivity index (χ2n) is 5.46. The van der Waals surface area contributed by atoms with Crippen LogP contribution in [0.1, 0.15) is 46.1 Å². The molecule has 110 valence electrons. The topological polar surface area (TPSA) is 89.9 Å². The van der Waals surface area contributed by atoms with E-state index >= 15 is 0 Å². The molecule has 3 unspecified atom stereocenters. The Labute approximate surface area is 119 Å². The average Bonchev–Trinajstić information content (AvgIpc) is 2.83. The van der Waals surface area contributed by atoms with Crippen LogP contribution in [0.25, 0.3) is 11.2 Å². The van der Waals surface area contributed by atoms with Crippen LogP contribution in [0.2, 0.25) is 0 Å². The van der Waals surface area contributed by atoms with Gasteiger partial charge in [-0.05, 0) is 32.1 Å². The van der Waals surface area contributed by atoms with Crippen LogP contribution in [0.5, 0.6) is 0 Å². The molecular weight excluding hydrogens is 254 g/mol. The molecule has 2 aromatic rings.